The normalized spacial score (nSPS) is 19.9. The minimum atomic E-state index is -3.02. The van der Waals surface area contributed by atoms with Gasteiger partial charge in [-0.3, -0.25) is 0 Å². The summed E-state index contributed by atoms with van der Waals surface area (Å²) in [5.41, 5.74) is 6.57. The maximum atomic E-state index is 14.0. The summed E-state index contributed by atoms with van der Waals surface area (Å²) in [6.07, 6.45) is 1.72. The molecule has 2 fully saturated rings. The number of anilines is 3. The SMILES string of the molecule is Nc1ncc(-c2cc(N3CCOCC3)nc(N3CCCC(F)C3)n2)cc1OC(F)F. The third kappa shape index (κ3) is 4.66. The lowest BCUT2D eigenvalue weighted by Crippen LogP contribution is -2.39. The summed E-state index contributed by atoms with van der Waals surface area (Å²) < 4.78 is 49.2. The van der Waals surface area contributed by atoms with Crippen LogP contribution < -0.4 is 20.3 Å². The maximum absolute atomic E-state index is 14.0. The highest BCUT2D eigenvalue weighted by Gasteiger charge is 2.24. The second-order valence-corrected chi connectivity index (χ2v) is 7.18. The van der Waals surface area contributed by atoms with Gasteiger partial charge in [-0.1, -0.05) is 0 Å². The van der Waals surface area contributed by atoms with Gasteiger partial charge in [-0.15, -0.1) is 0 Å². The van der Waals surface area contributed by atoms with Crippen LogP contribution in [0.2, 0.25) is 0 Å². The van der Waals surface area contributed by atoms with Crippen molar-refractivity contribution in [3.63, 3.8) is 0 Å². The Hall–Kier alpha value is -2.82. The van der Waals surface area contributed by atoms with Gasteiger partial charge in [-0.2, -0.15) is 13.8 Å². The molecule has 4 rings (SSSR count). The number of halogens is 3. The minimum absolute atomic E-state index is 0.141. The molecule has 0 aromatic carbocycles. The Morgan fingerprint density at radius 2 is 1.93 bits per heavy atom. The lowest BCUT2D eigenvalue weighted by Gasteiger charge is -2.32. The Morgan fingerprint density at radius 1 is 1.13 bits per heavy atom. The highest BCUT2D eigenvalue weighted by molar-refractivity contribution is 5.68. The number of rotatable bonds is 5. The van der Waals surface area contributed by atoms with Crippen LogP contribution in [0.3, 0.4) is 0 Å². The van der Waals surface area contributed by atoms with Crippen LogP contribution in [0.15, 0.2) is 18.3 Å². The number of hydrogen-bond acceptors (Lipinski definition) is 8. The van der Waals surface area contributed by atoms with Crippen LogP contribution in [0.1, 0.15) is 12.8 Å². The van der Waals surface area contributed by atoms with Gasteiger partial charge in [0.05, 0.1) is 25.5 Å². The van der Waals surface area contributed by atoms with Gasteiger partial charge in [0.1, 0.15) is 12.0 Å². The first-order chi connectivity index (χ1) is 14.5. The topological polar surface area (TPSA) is 89.6 Å². The highest BCUT2D eigenvalue weighted by Crippen LogP contribution is 2.31. The average Bonchev–Trinajstić information content (AvgIpc) is 2.75. The first kappa shape index (κ1) is 20.5. The number of alkyl halides is 3. The van der Waals surface area contributed by atoms with Crippen LogP contribution in [0.5, 0.6) is 5.75 Å². The van der Waals surface area contributed by atoms with E-state index in [2.05, 4.69) is 24.6 Å². The van der Waals surface area contributed by atoms with E-state index in [-0.39, 0.29) is 18.1 Å². The molecule has 2 aromatic heterocycles. The Bertz CT molecular complexity index is 881. The summed E-state index contributed by atoms with van der Waals surface area (Å²) in [6.45, 7) is 0.284. The van der Waals surface area contributed by atoms with Crippen LogP contribution in [-0.2, 0) is 4.74 Å². The van der Waals surface area contributed by atoms with Crippen LogP contribution in [0.25, 0.3) is 11.3 Å². The van der Waals surface area contributed by atoms with Crippen molar-refractivity contribution in [1.82, 2.24) is 15.0 Å². The lowest BCUT2D eigenvalue weighted by atomic mass is 10.1. The van der Waals surface area contributed by atoms with E-state index in [4.69, 9.17) is 10.5 Å². The molecule has 0 amide bonds. The molecule has 4 heterocycles. The zero-order valence-corrected chi connectivity index (χ0v) is 16.3. The van der Waals surface area contributed by atoms with E-state index in [9.17, 15) is 13.2 Å². The molecular formula is C19H23F3N6O2. The molecule has 0 bridgehead atoms. The molecule has 2 aliphatic heterocycles. The van der Waals surface area contributed by atoms with E-state index in [0.717, 1.165) is 0 Å². The summed E-state index contributed by atoms with van der Waals surface area (Å²) in [5.74, 6) is 0.687. The number of ether oxygens (including phenoxy) is 2. The van der Waals surface area contributed by atoms with Gasteiger partial charge in [0.2, 0.25) is 5.95 Å². The quantitative estimate of drug-likeness (QED) is 0.783. The van der Waals surface area contributed by atoms with Crippen LogP contribution in [-0.4, -0.2) is 67.1 Å². The number of pyridine rings is 1. The van der Waals surface area contributed by atoms with Gasteiger partial charge in [0.25, 0.3) is 0 Å². The van der Waals surface area contributed by atoms with Crippen molar-refractivity contribution < 1.29 is 22.6 Å². The Kier molecular flexibility index (Phi) is 6.07. The van der Waals surface area contributed by atoms with E-state index in [1.165, 1.54) is 12.3 Å². The molecule has 11 heteroatoms. The van der Waals surface area contributed by atoms with Gasteiger partial charge < -0.3 is 25.0 Å². The Morgan fingerprint density at radius 3 is 2.67 bits per heavy atom. The average molecular weight is 424 g/mol. The van der Waals surface area contributed by atoms with Gasteiger partial charge in [-0.25, -0.2) is 14.4 Å². The van der Waals surface area contributed by atoms with E-state index in [1.54, 1.807) is 6.07 Å². The van der Waals surface area contributed by atoms with Crippen LogP contribution in [0.4, 0.5) is 30.8 Å². The fourth-order valence-electron chi connectivity index (χ4n) is 3.56. The van der Waals surface area contributed by atoms with Crippen molar-refractivity contribution in [1.29, 1.82) is 0 Å². The van der Waals surface area contributed by atoms with E-state index in [0.29, 0.717) is 68.7 Å². The molecule has 2 saturated heterocycles. The maximum Gasteiger partial charge on any atom is 0.387 e. The first-order valence-corrected chi connectivity index (χ1v) is 9.81. The predicted octanol–water partition coefficient (Wildman–Crippen LogP) is 2.50. The summed E-state index contributed by atoms with van der Waals surface area (Å²) in [5, 5.41) is 0. The second-order valence-electron chi connectivity index (χ2n) is 7.18. The highest BCUT2D eigenvalue weighted by atomic mass is 19.3. The smallest absolute Gasteiger partial charge is 0.387 e. The van der Waals surface area contributed by atoms with Crippen molar-refractivity contribution in [2.24, 2.45) is 0 Å². The fourth-order valence-corrected chi connectivity index (χ4v) is 3.56. The molecule has 1 atom stereocenters. The van der Waals surface area contributed by atoms with E-state index in [1.807, 2.05) is 4.90 Å². The van der Waals surface area contributed by atoms with E-state index >= 15 is 0 Å². The molecule has 0 saturated carbocycles. The Labute approximate surface area is 171 Å². The number of piperidine rings is 1. The molecular weight excluding hydrogens is 401 g/mol. The Balaban J connectivity index is 1.73. The van der Waals surface area contributed by atoms with Gasteiger partial charge in [-0.05, 0) is 18.9 Å². The van der Waals surface area contributed by atoms with Crippen molar-refractivity contribution in [2.75, 3.05) is 54.9 Å². The van der Waals surface area contributed by atoms with Gasteiger partial charge in [0, 0.05) is 37.5 Å². The molecule has 0 radical (unpaired) electrons. The van der Waals surface area contributed by atoms with Crippen molar-refractivity contribution >= 4 is 17.6 Å². The first-order valence-electron chi connectivity index (χ1n) is 9.81. The molecule has 162 valence electrons. The number of nitrogen functional groups attached to an aromatic ring is 1. The minimum Gasteiger partial charge on any atom is -0.431 e. The summed E-state index contributed by atoms with van der Waals surface area (Å²) in [7, 11) is 0. The van der Waals surface area contributed by atoms with E-state index < -0.39 is 12.8 Å². The van der Waals surface area contributed by atoms with Crippen LogP contribution >= 0.6 is 0 Å². The molecule has 8 nitrogen and oxygen atoms in total. The molecule has 2 aromatic rings. The number of morpholine rings is 1. The van der Waals surface area contributed by atoms with Gasteiger partial charge >= 0.3 is 6.61 Å². The molecule has 30 heavy (non-hydrogen) atoms. The third-order valence-electron chi connectivity index (χ3n) is 5.08. The summed E-state index contributed by atoms with van der Waals surface area (Å²) in [6, 6.07) is 3.13. The number of hydrogen-bond donors (Lipinski definition) is 1. The number of aromatic nitrogens is 3. The van der Waals surface area contributed by atoms with Crippen molar-refractivity contribution in [3.05, 3.63) is 18.3 Å². The third-order valence-corrected chi connectivity index (χ3v) is 5.08. The van der Waals surface area contributed by atoms with Crippen molar-refractivity contribution in [2.45, 2.75) is 25.6 Å². The standard InChI is InChI=1S/C19H23F3N6O2/c20-13-2-1-3-28(11-13)19-25-14(9-16(26-19)27-4-6-29-7-5-27)12-8-15(30-18(21)22)17(23)24-10-12/h8-10,13,18H,1-7,11H2,(H2,23,24). The zero-order valence-electron chi connectivity index (χ0n) is 16.3. The monoisotopic (exact) mass is 424 g/mol. The second kappa shape index (κ2) is 8.90. The zero-order chi connectivity index (χ0) is 21.1. The van der Waals surface area contributed by atoms with Crippen LogP contribution in [0, 0.1) is 0 Å². The number of nitrogens with two attached hydrogens (primary N) is 1. The van der Waals surface area contributed by atoms with Crippen molar-refractivity contribution in [3.8, 4) is 17.0 Å². The molecule has 0 aliphatic carbocycles. The molecule has 2 N–H and O–H groups in total. The number of nitrogens with zero attached hydrogens (tertiary/aromatic N) is 5. The molecule has 1 unspecified atom stereocenters. The summed E-state index contributed by atoms with van der Waals surface area (Å²) in [4.78, 5) is 17.0. The molecule has 0 spiro atoms. The summed E-state index contributed by atoms with van der Waals surface area (Å²) >= 11 is 0. The molecule has 2 aliphatic rings. The largest absolute Gasteiger partial charge is 0.431 e. The lowest BCUT2D eigenvalue weighted by molar-refractivity contribution is -0.0494. The fraction of sp³-hybridized carbons (Fsp3) is 0.526. The van der Waals surface area contributed by atoms with Gasteiger partial charge in [0.15, 0.2) is 11.6 Å². The predicted molar refractivity (Wildman–Crippen MR) is 106 cm³/mol.